The Labute approximate surface area is 189 Å². The van der Waals surface area contributed by atoms with Gasteiger partial charge in [-0.1, -0.05) is 22.1 Å². The molecule has 3 N–H and O–H groups in total. The van der Waals surface area contributed by atoms with Gasteiger partial charge in [-0.15, -0.1) is 5.11 Å². The van der Waals surface area contributed by atoms with Gasteiger partial charge in [0, 0.05) is 24.1 Å². The van der Waals surface area contributed by atoms with Crippen molar-refractivity contribution in [2.24, 2.45) is 10.5 Å². The third-order valence-corrected chi connectivity index (χ3v) is 4.20. The molecule has 1 aromatic carbocycles. The lowest BCUT2D eigenvalue weighted by atomic mass is 10.0. The molecule has 0 aromatic heterocycles. The van der Waals surface area contributed by atoms with Gasteiger partial charge in [0.2, 0.25) is 0 Å². The molecule has 0 unspecified atom stereocenters. The topological polar surface area (TPSA) is 98.9 Å². The normalized spacial score (nSPS) is 14.1. The third kappa shape index (κ3) is 6.39. The van der Waals surface area contributed by atoms with E-state index in [4.69, 9.17) is 17.0 Å². The zero-order chi connectivity index (χ0) is 26.5. The van der Waals surface area contributed by atoms with Gasteiger partial charge >= 0.3 is 24.2 Å². The van der Waals surface area contributed by atoms with Crippen LogP contribution < -0.4 is 10.6 Å². The molecule has 17 heteroatoms. The molecule has 7 nitrogen and oxygen atoms in total. The quantitative estimate of drug-likeness (QED) is 0.179. The molecule has 0 aliphatic heterocycles. The van der Waals surface area contributed by atoms with Crippen molar-refractivity contribution in [3.05, 3.63) is 51.9 Å². The second-order valence-corrected chi connectivity index (χ2v) is 6.39. The van der Waals surface area contributed by atoms with E-state index in [0.29, 0.717) is 6.20 Å². The number of ether oxygens (including phenoxy) is 1. The minimum absolute atomic E-state index is 0.141. The molecule has 0 amide bonds. The molecule has 0 fully saturated rings. The zero-order valence-electron chi connectivity index (χ0n) is 16.8. The molecule has 0 saturated carbocycles. The van der Waals surface area contributed by atoms with Crippen molar-refractivity contribution < 1.29 is 49.1 Å². The van der Waals surface area contributed by atoms with Gasteiger partial charge in [0.25, 0.3) is 0 Å². The third-order valence-electron chi connectivity index (χ3n) is 3.87. The Hall–Kier alpha value is -3.30. The lowest BCUT2D eigenvalue weighted by molar-refractivity contribution is -0.250. The van der Waals surface area contributed by atoms with Crippen LogP contribution in [-0.4, -0.2) is 44.1 Å². The minimum atomic E-state index is -6.50. The van der Waals surface area contributed by atoms with E-state index in [2.05, 4.69) is 9.85 Å². The Balaban J connectivity index is 3.66. The molecule has 0 radical (unpaired) electrons. The number of hydrogen-bond donors (Lipinski definition) is 3. The van der Waals surface area contributed by atoms with Gasteiger partial charge in [0.1, 0.15) is 22.8 Å². The van der Waals surface area contributed by atoms with Gasteiger partial charge in [0.15, 0.2) is 0 Å². The number of nitrogens with zero attached hydrogens (tertiary/aromatic N) is 2. The summed E-state index contributed by atoms with van der Waals surface area (Å²) in [7, 11) is 1.72. The molecule has 0 bridgehead atoms. The Kier molecular flexibility index (Phi) is 9.09. The van der Waals surface area contributed by atoms with Crippen molar-refractivity contribution in [3.63, 3.8) is 0 Å². The number of carbonyl (C=O) groups is 1. The molecule has 0 spiro atoms. The first-order valence-electron chi connectivity index (χ1n) is 8.43. The predicted molar refractivity (Wildman–Crippen MR) is 101 cm³/mol. The number of nitrogens with one attached hydrogen (secondary N) is 3. The van der Waals surface area contributed by atoms with Gasteiger partial charge in [-0.3, -0.25) is 5.41 Å². The van der Waals surface area contributed by atoms with Crippen LogP contribution in [0.2, 0.25) is 5.02 Å². The van der Waals surface area contributed by atoms with Gasteiger partial charge < -0.3 is 15.4 Å². The monoisotopic (exact) mass is 525 g/mol. The first kappa shape index (κ1) is 28.7. The summed E-state index contributed by atoms with van der Waals surface area (Å²) in [6.45, 7) is 0. The second-order valence-electron chi connectivity index (χ2n) is 5.98. The first-order valence-corrected chi connectivity index (χ1v) is 8.80. The van der Waals surface area contributed by atoms with Gasteiger partial charge in [-0.25, -0.2) is 4.79 Å². The number of alkyl halides is 8. The molecule has 1 rings (SSSR count). The minimum Gasteiger partial charge on any atom is -0.465 e. The molecule has 0 atom stereocenters. The number of esters is 1. The molecular formula is C17H13ClF9N5O2. The van der Waals surface area contributed by atoms with Crippen LogP contribution in [-0.2, 0) is 4.74 Å². The molecular weight excluding hydrogens is 513 g/mol. The molecule has 0 aliphatic carbocycles. The Morgan fingerprint density at radius 3 is 2.18 bits per heavy atom. The Morgan fingerprint density at radius 2 is 1.74 bits per heavy atom. The average molecular weight is 526 g/mol. The van der Waals surface area contributed by atoms with Crippen LogP contribution in [0.4, 0.5) is 39.6 Å². The first-order chi connectivity index (χ1) is 15.5. The highest BCUT2D eigenvalue weighted by Crippen LogP contribution is 2.41. The molecule has 1 aromatic rings. The van der Waals surface area contributed by atoms with E-state index in [-0.39, 0.29) is 16.1 Å². The van der Waals surface area contributed by atoms with Crippen molar-refractivity contribution in [1.29, 1.82) is 5.41 Å². The summed E-state index contributed by atoms with van der Waals surface area (Å²) in [5, 5.41) is 15.1. The fraction of sp³-hybridized carbons (Fsp3) is 0.294. The fourth-order valence-electron chi connectivity index (χ4n) is 2.28. The smallest absolute Gasteiger partial charge is 0.459 e. The van der Waals surface area contributed by atoms with Gasteiger partial charge in [-0.05, 0) is 12.1 Å². The number of methoxy groups -OCH3 is 1. The highest BCUT2D eigenvalue weighted by atomic mass is 35.5. The lowest BCUT2D eigenvalue weighted by Crippen LogP contribution is -2.48. The Bertz CT molecular complexity index is 1030. The number of benzene rings is 1. The highest BCUT2D eigenvalue weighted by molar-refractivity contribution is 6.33. The summed E-state index contributed by atoms with van der Waals surface area (Å²) < 4.78 is 122. The lowest BCUT2D eigenvalue weighted by Gasteiger charge is -2.25. The Morgan fingerprint density at radius 1 is 1.15 bits per heavy atom. The van der Waals surface area contributed by atoms with Crippen LogP contribution in [0.15, 0.2) is 46.2 Å². The van der Waals surface area contributed by atoms with Crippen molar-refractivity contribution >= 4 is 29.0 Å². The van der Waals surface area contributed by atoms with E-state index in [0.717, 1.165) is 32.4 Å². The SMILES string of the molecule is CN/C(N/C=C(\N=NF)c1ccc(Cl)c(C(=O)OC)c1)=C(\C(=N)C(F)(F)C(F)(F)F)C(F)(F)F. The maximum Gasteiger partial charge on any atom is 0.459 e. The van der Waals surface area contributed by atoms with E-state index in [1.54, 1.807) is 10.6 Å². The zero-order valence-corrected chi connectivity index (χ0v) is 17.6. The summed E-state index contributed by atoms with van der Waals surface area (Å²) >= 11 is 5.81. The van der Waals surface area contributed by atoms with E-state index in [9.17, 15) is 44.4 Å². The van der Waals surface area contributed by atoms with Gasteiger partial charge in [0.05, 0.1) is 17.7 Å². The van der Waals surface area contributed by atoms with Crippen LogP contribution in [0.25, 0.3) is 5.70 Å². The molecule has 0 aliphatic rings. The number of allylic oxidation sites excluding steroid dienone is 1. The van der Waals surface area contributed by atoms with E-state index < -0.39 is 47.0 Å². The fourth-order valence-corrected chi connectivity index (χ4v) is 2.47. The van der Waals surface area contributed by atoms with E-state index >= 15 is 0 Å². The second kappa shape index (κ2) is 10.8. The molecule has 0 heterocycles. The van der Waals surface area contributed by atoms with Crippen molar-refractivity contribution in [2.45, 2.75) is 18.3 Å². The van der Waals surface area contributed by atoms with E-state index in [1.165, 1.54) is 0 Å². The van der Waals surface area contributed by atoms with Crippen LogP contribution in [0.3, 0.4) is 0 Å². The summed E-state index contributed by atoms with van der Waals surface area (Å²) in [6, 6.07) is 3.16. The van der Waals surface area contributed by atoms with Crippen molar-refractivity contribution in [1.82, 2.24) is 10.6 Å². The maximum absolute atomic E-state index is 13.5. The summed E-state index contributed by atoms with van der Waals surface area (Å²) in [6.07, 6.45) is -11.9. The van der Waals surface area contributed by atoms with Crippen LogP contribution in [0.1, 0.15) is 15.9 Å². The molecule has 0 saturated heterocycles. The maximum atomic E-state index is 13.5. The predicted octanol–water partition coefficient (Wildman–Crippen LogP) is 5.56. The van der Waals surface area contributed by atoms with Crippen molar-refractivity contribution in [3.8, 4) is 0 Å². The largest absolute Gasteiger partial charge is 0.465 e. The number of halogens is 10. The van der Waals surface area contributed by atoms with Gasteiger partial charge in [-0.2, -0.15) is 35.1 Å². The number of hydrogen-bond acceptors (Lipinski definition) is 7. The molecule has 34 heavy (non-hydrogen) atoms. The highest BCUT2D eigenvalue weighted by Gasteiger charge is 2.64. The van der Waals surface area contributed by atoms with Crippen LogP contribution in [0.5, 0.6) is 0 Å². The van der Waals surface area contributed by atoms with E-state index in [1.807, 2.05) is 5.34 Å². The van der Waals surface area contributed by atoms with Crippen LogP contribution in [0, 0.1) is 5.41 Å². The summed E-state index contributed by atoms with van der Waals surface area (Å²) in [5.41, 5.74) is -6.96. The number of rotatable bonds is 8. The number of carbonyl (C=O) groups excluding carboxylic acids is 1. The standard InChI is InChI=1S/C17H13ClF9N5O2/c1-29-13(11(16(21,22)23)12(28)15(19,20)17(24,25)26)30-6-10(31-32-27)7-3-4-9(18)8(5-7)14(33)34-2/h3-6,28-30H,1-2H3/b10-6-,13-11-,28-12?,32-31?. The van der Waals surface area contributed by atoms with Crippen molar-refractivity contribution in [2.75, 3.05) is 14.2 Å². The molecule has 188 valence electrons. The summed E-state index contributed by atoms with van der Waals surface area (Å²) in [5.74, 6) is -8.66. The summed E-state index contributed by atoms with van der Waals surface area (Å²) in [4.78, 5) is 11.7. The average Bonchev–Trinajstić information content (AvgIpc) is 2.73. The van der Waals surface area contributed by atoms with Crippen LogP contribution >= 0.6 is 11.6 Å².